The van der Waals surface area contributed by atoms with Gasteiger partial charge in [-0.15, -0.1) is 0 Å². The van der Waals surface area contributed by atoms with E-state index < -0.39 is 6.10 Å². The Balaban J connectivity index is 2.13. The van der Waals surface area contributed by atoms with Gasteiger partial charge in [0.1, 0.15) is 0 Å². The van der Waals surface area contributed by atoms with Gasteiger partial charge in [0.25, 0.3) is 0 Å². The minimum absolute atomic E-state index is 0.185. The molecule has 3 N–H and O–H groups in total. The van der Waals surface area contributed by atoms with E-state index in [1.54, 1.807) is 11.8 Å². The van der Waals surface area contributed by atoms with Crippen LogP contribution in [0.2, 0.25) is 0 Å². The third kappa shape index (κ3) is 2.94. The summed E-state index contributed by atoms with van der Waals surface area (Å²) < 4.78 is 0. The predicted octanol–water partition coefficient (Wildman–Crippen LogP) is -0.0138. The van der Waals surface area contributed by atoms with Crippen molar-refractivity contribution in [3.05, 3.63) is 0 Å². The molecule has 1 fully saturated rings. The summed E-state index contributed by atoms with van der Waals surface area (Å²) in [7, 11) is 0. The lowest BCUT2D eigenvalue weighted by Crippen LogP contribution is -2.21. The molecule has 3 nitrogen and oxygen atoms in total. The molecule has 0 heterocycles. The normalized spacial score (nSPS) is 32.2. The number of thioether (sulfide) groups is 1. The summed E-state index contributed by atoms with van der Waals surface area (Å²) in [5.41, 5.74) is 0. The van der Waals surface area contributed by atoms with E-state index in [9.17, 15) is 5.11 Å². The molecule has 0 saturated heterocycles. The van der Waals surface area contributed by atoms with Crippen LogP contribution in [0, 0.1) is 0 Å². The van der Waals surface area contributed by atoms with Gasteiger partial charge in [-0.25, -0.2) is 0 Å². The Labute approximate surface area is 76.8 Å². The molecule has 0 radical (unpaired) electrons. The van der Waals surface area contributed by atoms with Crippen molar-refractivity contribution >= 4 is 11.8 Å². The summed E-state index contributed by atoms with van der Waals surface area (Å²) >= 11 is 1.56. The lowest BCUT2D eigenvalue weighted by atomic mass is 10.3. The summed E-state index contributed by atoms with van der Waals surface area (Å²) in [5.74, 6) is 0.526. The first-order chi connectivity index (χ1) is 5.74. The van der Waals surface area contributed by atoms with Crippen LogP contribution in [0.5, 0.6) is 0 Å². The zero-order valence-corrected chi connectivity index (χ0v) is 7.83. The second-order valence-corrected chi connectivity index (χ2v) is 4.48. The summed E-state index contributed by atoms with van der Waals surface area (Å²) in [4.78, 5) is 0. The SMILES string of the molecule is OCC(O)CS[C@@H]1CCC[C@H]1O. The molecule has 3 atom stereocenters. The average molecular weight is 192 g/mol. The fraction of sp³-hybridized carbons (Fsp3) is 1.00. The van der Waals surface area contributed by atoms with Gasteiger partial charge in [-0.2, -0.15) is 11.8 Å². The standard InChI is InChI=1S/C8H16O3S/c9-4-6(10)5-12-8-3-1-2-7(8)11/h6-11H,1-5H2/t6?,7-,8-/m1/s1. The summed E-state index contributed by atoms with van der Waals surface area (Å²) in [6.45, 7) is -0.185. The van der Waals surface area contributed by atoms with Crippen molar-refractivity contribution in [2.24, 2.45) is 0 Å². The van der Waals surface area contributed by atoms with Gasteiger partial charge in [-0.3, -0.25) is 0 Å². The molecule has 1 saturated carbocycles. The van der Waals surface area contributed by atoms with E-state index >= 15 is 0 Å². The van der Waals surface area contributed by atoms with Gasteiger partial charge in [0.2, 0.25) is 0 Å². The highest BCUT2D eigenvalue weighted by atomic mass is 32.2. The van der Waals surface area contributed by atoms with Crippen LogP contribution in [-0.2, 0) is 0 Å². The highest BCUT2D eigenvalue weighted by molar-refractivity contribution is 8.00. The maximum absolute atomic E-state index is 9.41. The number of aliphatic hydroxyl groups is 3. The number of rotatable bonds is 4. The quantitative estimate of drug-likeness (QED) is 0.586. The highest BCUT2D eigenvalue weighted by Crippen LogP contribution is 2.30. The second kappa shape index (κ2) is 5.07. The van der Waals surface area contributed by atoms with Crippen LogP contribution in [0.3, 0.4) is 0 Å². The lowest BCUT2D eigenvalue weighted by molar-refractivity contribution is 0.113. The molecule has 0 spiro atoms. The van der Waals surface area contributed by atoms with Crippen LogP contribution >= 0.6 is 11.8 Å². The van der Waals surface area contributed by atoms with E-state index in [-0.39, 0.29) is 18.0 Å². The molecule has 72 valence electrons. The van der Waals surface area contributed by atoms with Crippen LogP contribution in [0.1, 0.15) is 19.3 Å². The summed E-state index contributed by atoms with van der Waals surface area (Å²) in [5, 5.41) is 27.3. The predicted molar refractivity (Wildman–Crippen MR) is 49.2 cm³/mol. The summed E-state index contributed by atoms with van der Waals surface area (Å²) in [6.07, 6.45) is 2.15. The van der Waals surface area contributed by atoms with Crippen molar-refractivity contribution in [2.45, 2.75) is 36.7 Å². The first kappa shape index (κ1) is 10.3. The Hall–Kier alpha value is 0.230. The Kier molecular flexibility index (Phi) is 4.35. The van der Waals surface area contributed by atoms with Gasteiger partial charge in [0.05, 0.1) is 18.8 Å². The number of aliphatic hydroxyl groups excluding tert-OH is 3. The molecule has 1 rings (SSSR count). The molecule has 1 unspecified atom stereocenters. The molecular weight excluding hydrogens is 176 g/mol. The molecule has 0 amide bonds. The van der Waals surface area contributed by atoms with Crippen LogP contribution in [0.15, 0.2) is 0 Å². The Morgan fingerprint density at radius 3 is 2.67 bits per heavy atom. The van der Waals surface area contributed by atoms with Crippen LogP contribution in [0.25, 0.3) is 0 Å². The van der Waals surface area contributed by atoms with Gasteiger partial charge in [-0.05, 0) is 19.3 Å². The van der Waals surface area contributed by atoms with E-state index in [0.717, 1.165) is 19.3 Å². The van der Waals surface area contributed by atoms with Crippen LogP contribution in [-0.4, -0.2) is 45.1 Å². The van der Waals surface area contributed by atoms with Gasteiger partial charge < -0.3 is 15.3 Å². The smallest absolute Gasteiger partial charge is 0.0861 e. The molecule has 0 bridgehead atoms. The van der Waals surface area contributed by atoms with Gasteiger partial charge in [-0.1, -0.05) is 0 Å². The zero-order valence-electron chi connectivity index (χ0n) is 7.02. The van der Waals surface area contributed by atoms with E-state index in [2.05, 4.69) is 0 Å². The van der Waals surface area contributed by atoms with Crippen molar-refractivity contribution in [3.8, 4) is 0 Å². The number of hydrogen-bond donors (Lipinski definition) is 3. The lowest BCUT2D eigenvalue weighted by Gasteiger charge is -2.15. The van der Waals surface area contributed by atoms with Crippen LogP contribution in [0.4, 0.5) is 0 Å². The van der Waals surface area contributed by atoms with Gasteiger partial charge >= 0.3 is 0 Å². The Morgan fingerprint density at radius 1 is 1.42 bits per heavy atom. The number of hydrogen-bond acceptors (Lipinski definition) is 4. The Bertz CT molecular complexity index is 131. The molecule has 0 aromatic rings. The summed E-state index contributed by atoms with van der Waals surface area (Å²) in [6, 6.07) is 0. The van der Waals surface area contributed by atoms with E-state index in [1.165, 1.54) is 0 Å². The van der Waals surface area contributed by atoms with Crippen molar-refractivity contribution < 1.29 is 15.3 Å². The van der Waals surface area contributed by atoms with Crippen LogP contribution < -0.4 is 0 Å². The first-order valence-electron chi connectivity index (χ1n) is 4.32. The van der Waals surface area contributed by atoms with Crippen molar-refractivity contribution in [1.29, 1.82) is 0 Å². The molecule has 12 heavy (non-hydrogen) atoms. The largest absolute Gasteiger partial charge is 0.394 e. The van der Waals surface area contributed by atoms with Crippen molar-refractivity contribution in [1.82, 2.24) is 0 Å². The fourth-order valence-electron chi connectivity index (χ4n) is 1.39. The topological polar surface area (TPSA) is 60.7 Å². The minimum atomic E-state index is -0.636. The first-order valence-corrected chi connectivity index (χ1v) is 5.37. The van der Waals surface area contributed by atoms with Gasteiger partial charge in [0.15, 0.2) is 0 Å². The molecule has 0 aliphatic heterocycles. The van der Waals surface area contributed by atoms with E-state index in [4.69, 9.17) is 10.2 Å². The third-order valence-electron chi connectivity index (χ3n) is 2.13. The van der Waals surface area contributed by atoms with Gasteiger partial charge in [0, 0.05) is 11.0 Å². The minimum Gasteiger partial charge on any atom is -0.394 e. The Morgan fingerprint density at radius 2 is 2.17 bits per heavy atom. The highest BCUT2D eigenvalue weighted by Gasteiger charge is 2.25. The molecule has 0 aromatic heterocycles. The fourth-order valence-corrected chi connectivity index (χ4v) is 2.65. The monoisotopic (exact) mass is 192 g/mol. The molecular formula is C8H16O3S. The van der Waals surface area contributed by atoms with E-state index in [0.29, 0.717) is 5.75 Å². The van der Waals surface area contributed by atoms with Crippen molar-refractivity contribution in [2.75, 3.05) is 12.4 Å². The average Bonchev–Trinajstić information content (AvgIpc) is 2.47. The molecule has 4 heteroatoms. The maximum atomic E-state index is 9.41. The molecule has 1 aliphatic carbocycles. The maximum Gasteiger partial charge on any atom is 0.0861 e. The van der Waals surface area contributed by atoms with Crippen molar-refractivity contribution in [3.63, 3.8) is 0 Å². The zero-order chi connectivity index (χ0) is 8.97. The third-order valence-corrected chi connectivity index (χ3v) is 3.69. The second-order valence-electron chi connectivity index (χ2n) is 3.21. The molecule has 0 aromatic carbocycles. The molecule has 1 aliphatic rings. The van der Waals surface area contributed by atoms with E-state index in [1.807, 2.05) is 0 Å².